The highest BCUT2D eigenvalue weighted by molar-refractivity contribution is 6.06. The maximum atomic E-state index is 13.3. The lowest BCUT2D eigenvalue weighted by Crippen LogP contribution is -2.29. The van der Waals surface area contributed by atoms with Gasteiger partial charge in [-0.3, -0.25) is 14.2 Å². The van der Waals surface area contributed by atoms with Crippen molar-refractivity contribution in [2.75, 3.05) is 17.7 Å². The molecular weight excluding hydrogens is 437 g/mol. The van der Waals surface area contributed by atoms with E-state index in [1.165, 1.54) is 41.1 Å². The Morgan fingerprint density at radius 1 is 1.12 bits per heavy atom. The third kappa shape index (κ3) is 4.63. The van der Waals surface area contributed by atoms with Crippen molar-refractivity contribution in [3.63, 3.8) is 0 Å². The van der Waals surface area contributed by atoms with E-state index in [1.807, 2.05) is 13.0 Å². The molecule has 0 fully saturated rings. The summed E-state index contributed by atoms with van der Waals surface area (Å²) in [5.41, 5.74) is 8.20. The summed E-state index contributed by atoms with van der Waals surface area (Å²) in [5.74, 6) is -0.742. The number of hydrogen-bond donors (Lipinski definition) is 2. The Bertz CT molecular complexity index is 1400. The minimum atomic E-state index is -0.631. The van der Waals surface area contributed by atoms with E-state index < -0.39 is 17.3 Å². The number of aryl methyl sites for hydroxylation is 1. The van der Waals surface area contributed by atoms with E-state index in [2.05, 4.69) is 15.3 Å². The van der Waals surface area contributed by atoms with Gasteiger partial charge in [0.05, 0.1) is 6.61 Å². The smallest absolute Gasteiger partial charge is 0.271 e. The van der Waals surface area contributed by atoms with E-state index in [9.17, 15) is 14.0 Å². The van der Waals surface area contributed by atoms with Crippen LogP contribution in [0.2, 0.25) is 0 Å². The summed E-state index contributed by atoms with van der Waals surface area (Å²) < 4.78 is 20.1. The molecule has 0 bridgehead atoms. The summed E-state index contributed by atoms with van der Waals surface area (Å²) in [4.78, 5) is 34.5. The maximum absolute atomic E-state index is 13.3. The summed E-state index contributed by atoms with van der Waals surface area (Å²) in [7, 11) is 0. The molecule has 4 aromatic rings. The number of nitrogens with zero attached hydrogens (tertiary/aromatic N) is 3. The largest absolute Gasteiger partial charge is 0.493 e. The molecule has 2 aromatic carbocycles. The predicted molar refractivity (Wildman–Crippen MR) is 128 cm³/mol. The molecule has 0 aliphatic rings. The van der Waals surface area contributed by atoms with Crippen LogP contribution in [0, 0.1) is 12.7 Å². The Morgan fingerprint density at radius 3 is 2.50 bits per heavy atom. The van der Waals surface area contributed by atoms with E-state index in [4.69, 9.17) is 10.5 Å². The molecule has 4 rings (SSSR count). The molecule has 1 amide bonds. The number of anilines is 2. The number of nitrogens with one attached hydrogen (secondary N) is 1. The third-order valence-corrected chi connectivity index (χ3v) is 5.16. The molecule has 3 N–H and O–H groups in total. The molecule has 2 aromatic heterocycles. The summed E-state index contributed by atoms with van der Waals surface area (Å²) >= 11 is 0. The van der Waals surface area contributed by atoms with Gasteiger partial charge >= 0.3 is 0 Å². The van der Waals surface area contributed by atoms with Gasteiger partial charge in [-0.2, -0.15) is 0 Å². The second-order valence-corrected chi connectivity index (χ2v) is 7.45. The van der Waals surface area contributed by atoms with Crippen LogP contribution >= 0.6 is 0 Å². The van der Waals surface area contributed by atoms with Crippen molar-refractivity contribution in [1.82, 2.24) is 14.5 Å². The van der Waals surface area contributed by atoms with E-state index in [-0.39, 0.29) is 23.9 Å². The van der Waals surface area contributed by atoms with Crippen molar-refractivity contribution >= 4 is 17.5 Å². The summed E-state index contributed by atoms with van der Waals surface area (Å²) in [5, 5.41) is 2.78. The molecule has 0 unspecified atom stereocenters. The van der Waals surface area contributed by atoms with E-state index in [0.717, 1.165) is 16.7 Å². The van der Waals surface area contributed by atoms with Crippen LogP contribution < -0.4 is 21.3 Å². The number of halogens is 1. The van der Waals surface area contributed by atoms with Crippen LogP contribution in [0.25, 0.3) is 16.8 Å². The summed E-state index contributed by atoms with van der Waals surface area (Å²) in [6.45, 7) is 3.95. The van der Waals surface area contributed by atoms with Gasteiger partial charge < -0.3 is 15.8 Å². The number of pyridine rings is 1. The molecule has 0 radical (unpaired) electrons. The number of nitrogens with two attached hydrogens (primary N) is 1. The number of ether oxygens (including phenoxy) is 1. The minimum Gasteiger partial charge on any atom is -0.493 e. The zero-order valence-electron chi connectivity index (χ0n) is 18.6. The minimum absolute atomic E-state index is 0.155. The van der Waals surface area contributed by atoms with Crippen molar-refractivity contribution in [3.05, 3.63) is 94.4 Å². The van der Waals surface area contributed by atoms with Gasteiger partial charge in [0, 0.05) is 35.5 Å². The highest BCUT2D eigenvalue weighted by atomic mass is 19.1. The first-order valence-electron chi connectivity index (χ1n) is 10.5. The van der Waals surface area contributed by atoms with Gasteiger partial charge in [0.25, 0.3) is 11.5 Å². The Hall–Kier alpha value is -4.53. The van der Waals surface area contributed by atoms with Gasteiger partial charge in [-0.05, 0) is 67.4 Å². The molecule has 34 heavy (non-hydrogen) atoms. The van der Waals surface area contributed by atoms with Gasteiger partial charge in [-0.15, -0.1) is 0 Å². The molecule has 2 heterocycles. The molecule has 0 aliphatic heterocycles. The van der Waals surface area contributed by atoms with Crippen molar-refractivity contribution < 1.29 is 13.9 Å². The standard InChI is InChI=1S/C25H22FN5O3/c1-3-34-21-10-11-31(19-8-5-17(26)6-9-19)24(33)22(21)23(32)30-18-7-4-15(2)20(12-18)16-13-28-25(27)29-14-16/h4-14H,3H2,1-2H3,(H,30,32)(H2,27,28,29). The number of carbonyl (C=O) groups is 1. The normalized spacial score (nSPS) is 10.7. The summed E-state index contributed by atoms with van der Waals surface area (Å²) in [6, 6.07) is 12.3. The monoisotopic (exact) mass is 459 g/mol. The lowest BCUT2D eigenvalue weighted by atomic mass is 10.0. The lowest BCUT2D eigenvalue weighted by molar-refractivity contribution is 0.102. The number of amides is 1. The van der Waals surface area contributed by atoms with Gasteiger partial charge in [0.2, 0.25) is 5.95 Å². The summed E-state index contributed by atoms with van der Waals surface area (Å²) in [6.07, 6.45) is 4.69. The van der Waals surface area contributed by atoms with Gasteiger partial charge in [-0.25, -0.2) is 14.4 Å². The highest BCUT2D eigenvalue weighted by Gasteiger charge is 2.20. The van der Waals surface area contributed by atoms with Crippen LogP contribution in [0.4, 0.5) is 16.0 Å². The highest BCUT2D eigenvalue weighted by Crippen LogP contribution is 2.27. The fraction of sp³-hybridized carbons (Fsp3) is 0.120. The molecule has 0 saturated carbocycles. The van der Waals surface area contributed by atoms with E-state index in [0.29, 0.717) is 11.4 Å². The second-order valence-electron chi connectivity index (χ2n) is 7.45. The molecular formula is C25H22FN5O3. The second kappa shape index (κ2) is 9.53. The molecule has 0 aliphatic carbocycles. The first-order valence-corrected chi connectivity index (χ1v) is 10.5. The van der Waals surface area contributed by atoms with E-state index >= 15 is 0 Å². The van der Waals surface area contributed by atoms with Crippen LogP contribution in [0.5, 0.6) is 5.75 Å². The SMILES string of the molecule is CCOc1ccn(-c2ccc(F)cc2)c(=O)c1C(=O)Nc1ccc(C)c(-c2cnc(N)nc2)c1. The Labute approximate surface area is 194 Å². The van der Waals surface area contributed by atoms with Crippen LogP contribution in [0.3, 0.4) is 0 Å². The molecule has 0 spiro atoms. The molecule has 8 nitrogen and oxygen atoms in total. The Morgan fingerprint density at radius 2 is 1.82 bits per heavy atom. The van der Waals surface area contributed by atoms with Crippen molar-refractivity contribution in [3.8, 4) is 22.6 Å². The first kappa shape index (κ1) is 22.7. The molecule has 172 valence electrons. The Kier molecular flexibility index (Phi) is 6.35. The topological polar surface area (TPSA) is 112 Å². The van der Waals surface area contributed by atoms with Crippen LogP contribution in [-0.4, -0.2) is 27.0 Å². The quantitative estimate of drug-likeness (QED) is 0.451. The van der Waals surface area contributed by atoms with Crippen molar-refractivity contribution in [2.24, 2.45) is 0 Å². The van der Waals surface area contributed by atoms with Gasteiger partial charge in [-0.1, -0.05) is 6.07 Å². The van der Waals surface area contributed by atoms with Gasteiger partial charge in [0.1, 0.15) is 17.1 Å². The number of rotatable bonds is 6. The fourth-order valence-corrected chi connectivity index (χ4v) is 3.49. The fourth-order valence-electron chi connectivity index (χ4n) is 3.49. The van der Waals surface area contributed by atoms with Crippen molar-refractivity contribution in [2.45, 2.75) is 13.8 Å². The Balaban J connectivity index is 1.72. The van der Waals surface area contributed by atoms with Crippen LogP contribution in [-0.2, 0) is 0 Å². The zero-order valence-corrected chi connectivity index (χ0v) is 18.6. The predicted octanol–water partition coefficient (Wildman–Crippen LogP) is 3.98. The zero-order chi connectivity index (χ0) is 24.2. The molecule has 9 heteroatoms. The number of aromatic nitrogens is 3. The first-order chi connectivity index (χ1) is 16.4. The molecule has 0 saturated heterocycles. The average Bonchev–Trinajstić information content (AvgIpc) is 2.82. The van der Waals surface area contributed by atoms with Crippen LogP contribution in [0.15, 0.2) is 71.9 Å². The number of carbonyl (C=O) groups excluding carboxylic acids is 1. The van der Waals surface area contributed by atoms with Gasteiger partial charge in [0.15, 0.2) is 0 Å². The number of hydrogen-bond acceptors (Lipinski definition) is 6. The number of nitrogen functional groups attached to an aromatic ring is 1. The average molecular weight is 459 g/mol. The molecule has 0 atom stereocenters. The maximum Gasteiger partial charge on any atom is 0.271 e. The lowest BCUT2D eigenvalue weighted by Gasteiger charge is -2.14. The van der Waals surface area contributed by atoms with E-state index in [1.54, 1.807) is 31.5 Å². The van der Waals surface area contributed by atoms with Crippen molar-refractivity contribution in [1.29, 1.82) is 0 Å². The number of benzene rings is 2. The third-order valence-electron chi connectivity index (χ3n) is 5.16. The van der Waals surface area contributed by atoms with Crippen LogP contribution in [0.1, 0.15) is 22.8 Å².